The molecule has 0 fully saturated rings. The fraction of sp³-hybridized carbons (Fsp3) is 0.467. The maximum atomic E-state index is 2.41. The van der Waals surface area contributed by atoms with Gasteiger partial charge >= 0.3 is 0 Å². The SMILES string of the molecule is CCCc1c2ccccc2c(CCC)n1C. The zero-order valence-corrected chi connectivity index (χ0v) is 10.6. The van der Waals surface area contributed by atoms with E-state index >= 15 is 0 Å². The van der Waals surface area contributed by atoms with Crippen molar-refractivity contribution < 1.29 is 0 Å². The van der Waals surface area contributed by atoms with E-state index in [1.165, 1.54) is 47.8 Å². The van der Waals surface area contributed by atoms with Crippen LogP contribution in [0.25, 0.3) is 10.8 Å². The number of rotatable bonds is 4. The largest absolute Gasteiger partial charge is 0.350 e. The summed E-state index contributed by atoms with van der Waals surface area (Å²) in [5.74, 6) is 0. The van der Waals surface area contributed by atoms with Gasteiger partial charge in [-0.1, -0.05) is 51.0 Å². The zero-order valence-electron chi connectivity index (χ0n) is 10.6. The van der Waals surface area contributed by atoms with E-state index in [9.17, 15) is 0 Å². The van der Waals surface area contributed by atoms with Gasteiger partial charge in [0, 0.05) is 29.2 Å². The highest BCUT2D eigenvalue weighted by atomic mass is 15.0. The first-order chi connectivity index (χ1) is 7.79. The average molecular weight is 215 g/mol. The molecule has 0 bridgehead atoms. The first-order valence-corrected chi connectivity index (χ1v) is 6.34. The lowest BCUT2D eigenvalue weighted by atomic mass is 10.1. The highest BCUT2D eigenvalue weighted by Crippen LogP contribution is 2.27. The van der Waals surface area contributed by atoms with E-state index in [2.05, 4.69) is 49.7 Å². The normalized spacial score (nSPS) is 11.2. The third kappa shape index (κ3) is 1.75. The maximum Gasteiger partial charge on any atom is 0.0253 e. The molecule has 0 atom stereocenters. The Bertz CT molecular complexity index is 436. The van der Waals surface area contributed by atoms with Crippen molar-refractivity contribution in [2.24, 2.45) is 7.05 Å². The van der Waals surface area contributed by atoms with Crippen LogP contribution in [-0.2, 0) is 19.9 Å². The smallest absolute Gasteiger partial charge is 0.0253 e. The molecule has 0 aliphatic carbocycles. The van der Waals surface area contributed by atoms with Gasteiger partial charge in [-0.3, -0.25) is 0 Å². The summed E-state index contributed by atoms with van der Waals surface area (Å²) in [6.45, 7) is 4.50. The molecule has 1 nitrogen and oxygen atoms in total. The third-order valence-electron chi connectivity index (χ3n) is 3.33. The molecule has 1 heterocycles. The Kier molecular flexibility index (Phi) is 3.33. The molecular formula is C15H21N. The van der Waals surface area contributed by atoms with E-state index in [0.717, 1.165) is 0 Å². The molecule has 0 radical (unpaired) electrons. The Morgan fingerprint density at radius 3 is 1.69 bits per heavy atom. The lowest BCUT2D eigenvalue weighted by Gasteiger charge is -2.06. The van der Waals surface area contributed by atoms with Gasteiger partial charge in [0.1, 0.15) is 0 Å². The zero-order chi connectivity index (χ0) is 11.5. The van der Waals surface area contributed by atoms with Crippen molar-refractivity contribution in [3.63, 3.8) is 0 Å². The second-order valence-corrected chi connectivity index (χ2v) is 4.50. The molecule has 2 aromatic rings. The van der Waals surface area contributed by atoms with Gasteiger partial charge in [-0.05, 0) is 12.8 Å². The number of benzene rings is 1. The van der Waals surface area contributed by atoms with Crippen LogP contribution in [0.2, 0.25) is 0 Å². The molecule has 1 aromatic carbocycles. The number of nitrogens with zero attached hydrogens (tertiary/aromatic N) is 1. The molecular weight excluding hydrogens is 194 g/mol. The number of aromatic nitrogens is 1. The summed E-state index contributed by atoms with van der Waals surface area (Å²) in [4.78, 5) is 0. The van der Waals surface area contributed by atoms with Crippen molar-refractivity contribution in [3.8, 4) is 0 Å². The number of fused-ring (bicyclic) bond motifs is 1. The molecule has 0 amide bonds. The Morgan fingerprint density at radius 1 is 0.875 bits per heavy atom. The highest BCUT2D eigenvalue weighted by Gasteiger charge is 2.12. The predicted octanol–water partition coefficient (Wildman–Crippen LogP) is 4.08. The lowest BCUT2D eigenvalue weighted by molar-refractivity contribution is 0.735. The molecule has 0 saturated carbocycles. The fourth-order valence-electron chi connectivity index (χ4n) is 2.59. The summed E-state index contributed by atoms with van der Waals surface area (Å²) in [7, 11) is 2.22. The van der Waals surface area contributed by atoms with Crippen molar-refractivity contribution in [2.45, 2.75) is 39.5 Å². The van der Waals surface area contributed by atoms with Crippen molar-refractivity contribution in [2.75, 3.05) is 0 Å². The van der Waals surface area contributed by atoms with E-state index in [4.69, 9.17) is 0 Å². The maximum absolute atomic E-state index is 2.41. The minimum atomic E-state index is 1.18. The molecule has 0 N–H and O–H groups in total. The topological polar surface area (TPSA) is 4.93 Å². The van der Waals surface area contributed by atoms with E-state index in [-0.39, 0.29) is 0 Å². The van der Waals surface area contributed by atoms with Gasteiger partial charge in [-0.2, -0.15) is 0 Å². The molecule has 2 rings (SSSR count). The van der Waals surface area contributed by atoms with Gasteiger partial charge in [0.2, 0.25) is 0 Å². The molecule has 16 heavy (non-hydrogen) atoms. The molecule has 1 aromatic heterocycles. The minimum absolute atomic E-state index is 1.18. The lowest BCUT2D eigenvalue weighted by Crippen LogP contribution is -2.00. The van der Waals surface area contributed by atoms with Crippen LogP contribution in [0.1, 0.15) is 38.1 Å². The molecule has 0 aliphatic rings. The van der Waals surface area contributed by atoms with Crippen LogP contribution < -0.4 is 0 Å². The van der Waals surface area contributed by atoms with E-state index < -0.39 is 0 Å². The molecule has 0 aliphatic heterocycles. The van der Waals surface area contributed by atoms with Gasteiger partial charge in [-0.15, -0.1) is 0 Å². The molecule has 1 heteroatoms. The van der Waals surface area contributed by atoms with Crippen molar-refractivity contribution in [1.82, 2.24) is 4.57 Å². The first kappa shape index (κ1) is 11.3. The van der Waals surface area contributed by atoms with E-state index in [1.807, 2.05) is 0 Å². The fourth-order valence-corrected chi connectivity index (χ4v) is 2.59. The number of hydrogen-bond acceptors (Lipinski definition) is 0. The van der Waals surface area contributed by atoms with Crippen molar-refractivity contribution in [1.29, 1.82) is 0 Å². The van der Waals surface area contributed by atoms with Crippen LogP contribution in [0.15, 0.2) is 24.3 Å². The van der Waals surface area contributed by atoms with Crippen molar-refractivity contribution in [3.05, 3.63) is 35.7 Å². The summed E-state index contributed by atoms with van der Waals surface area (Å²) >= 11 is 0. The Balaban J connectivity index is 2.64. The van der Waals surface area contributed by atoms with Crippen LogP contribution in [0.5, 0.6) is 0 Å². The van der Waals surface area contributed by atoms with Crippen LogP contribution in [0.4, 0.5) is 0 Å². The van der Waals surface area contributed by atoms with Gasteiger partial charge in [0.25, 0.3) is 0 Å². The van der Waals surface area contributed by atoms with Gasteiger partial charge in [-0.25, -0.2) is 0 Å². The summed E-state index contributed by atoms with van der Waals surface area (Å²) in [6.07, 6.45) is 4.79. The summed E-state index contributed by atoms with van der Waals surface area (Å²) in [5, 5.41) is 2.91. The average Bonchev–Trinajstić information content (AvgIpc) is 2.56. The van der Waals surface area contributed by atoms with Gasteiger partial charge in [0.05, 0.1) is 0 Å². The molecule has 0 saturated heterocycles. The molecule has 86 valence electrons. The van der Waals surface area contributed by atoms with Gasteiger partial charge < -0.3 is 4.57 Å². The monoisotopic (exact) mass is 215 g/mol. The third-order valence-corrected chi connectivity index (χ3v) is 3.33. The van der Waals surface area contributed by atoms with E-state index in [0.29, 0.717) is 0 Å². The van der Waals surface area contributed by atoms with Crippen LogP contribution in [0.3, 0.4) is 0 Å². The Morgan fingerprint density at radius 2 is 1.31 bits per heavy atom. The summed E-state index contributed by atoms with van der Waals surface area (Å²) in [5.41, 5.74) is 3.00. The molecule has 0 unspecified atom stereocenters. The quantitative estimate of drug-likeness (QED) is 0.724. The van der Waals surface area contributed by atoms with Crippen LogP contribution in [-0.4, -0.2) is 4.57 Å². The first-order valence-electron chi connectivity index (χ1n) is 6.34. The second kappa shape index (κ2) is 4.73. The second-order valence-electron chi connectivity index (χ2n) is 4.50. The van der Waals surface area contributed by atoms with Crippen LogP contribution >= 0.6 is 0 Å². The summed E-state index contributed by atoms with van der Waals surface area (Å²) < 4.78 is 2.41. The van der Waals surface area contributed by atoms with E-state index in [1.54, 1.807) is 0 Å². The standard InChI is InChI=1S/C15H21N/c1-4-8-14-12-10-6-7-11-13(12)15(9-5-2)16(14)3/h6-7,10-11H,4-5,8-9H2,1-3H3. The number of hydrogen-bond donors (Lipinski definition) is 0. The van der Waals surface area contributed by atoms with Crippen molar-refractivity contribution >= 4 is 10.8 Å². The predicted molar refractivity (Wildman–Crippen MR) is 70.9 cm³/mol. The summed E-state index contributed by atoms with van der Waals surface area (Å²) in [6, 6.07) is 8.83. The Labute approximate surface area is 98.1 Å². The number of aryl methyl sites for hydroxylation is 2. The van der Waals surface area contributed by atoms with Crippen LogP contribution in [0, 0.1) is 0 Å². The minimum Gasteiger partial charge on any atom is -0.350 e. The highest BCUT2D eigenvalue weighted by molar-refractivity contribution is 5.88. The van der Waals surface area contributed by atoms with Gasteiger partial charge in [0.15, 0.2) is 0 Å². The Hall–Kier alpha value is -1.24. The molecule has 0 spiro atoms.